The highest BCUT2D eigenvalue weighted by Crippen LogP contribution is 2.23. The molecule has 0 fully saturated rings. The summed E-state index contributed by atoms with van der Waals surface area (Å²) in [5.41, 5.74) is 2.65. The van der Waals surface area contributed by atoms with Gasteiger partial charge in [0.25, 0.3) is 0 Å². The molecule has 7 nitrogen and oxygen atoms in total. The minimum absolute atomic E-state index is 0.253. The molecule has 1 unspecified atom stereocenters. The molecule has 0 aliphatic heterocycles. The maximum absolute atomic E-state index is 9.44. The lowest BCUT2D eigenvalue weighted by Crippen LogP contribution is -2.18. The standard InChI is InChI=1S/C16H26N6O/c1-10(2)6-7-17-14-13-15(22(9-19-13)11(3)4)21-16(20-14)18-8-12(5)23/h9,11-12,23H,1,6-8H2,2-5H3,(H2,17,18,20,21). The van der Waals surface area contributed by atoms with Crippen LogP contribution in [0.1, 0.15) is 40.2 Å². The molecule has 0 aromatic carbocycles. The second kappa shape index (κ2) is 7.41. The molecular weight excluding hydrogens is 292 g/mol. The van der Waals surface area contributed by atoms with Crippen LogP contribution in [-0.4, -0.2) is 43.8 Å². The first-order chi connectivity index (χ1) is 10.9. The number of nitrogens with one attached hydrogen (secondary N) is 2. The van der Waals surface area contributed by atoms with Crippen LogP contribution in [0, 0.1) is 0 Å². The van der Waals surface area contributed by atoms with Crippen molar-refractivity contribution in [3.63, 3.8) is 0 Å². The number of nitrogens with zero attached hydrogens (tertiary/aromatic N) is 4. The lowest BCUT2D eigenvalue weighted by Gasteiger charge is -2.12. The average molecular weight is 318 g/mol. The summed E-state index contributed by atoms with van der Waals surface area (Å²) in [4.78, 5) is 13.5. The van der Waals surface area contributed by atoms with E-state index in [1.165, 1.54) is 0 Å². The Morgan fingerprint density at radius 2 is 2.04 bits per heavy atom. The van der Waals surface area contributed by atoms with Gasteiger partial charge in [-0.05, 0) is 34.1 Å². The van der Waals surface area contributed by atoms with Gasteiger partial charge in [-0.2, -0.15) is 9.97 Å². The van der Waals surface area contributed by atoms with E-state index in [2.05, 4.69) is 46.0 Å². The van der Waals surface area contributed by atoms with Gasteiger partial charge < -0.3 is 20.3 Å². The first kappa shape index (κ1) is 17.2. The van der Waals surface area contributed by atoms with E-state index in [0.29, 0.717) is 18.3 Å². The van der Waals surface area contributed by atoms with Gasteiger partial charge in [-0.1, -0.05) is 5.57 Å². The minimum Gasteiger partial charge on any atom is -0.392 e. The molecule has 126 valence electrons. The van der Waals surface area contributed by atoms with Crippen molar-refractivity contribution < 1.29 is 5.11 Å². The number of rotatable bonds is 8. The Morgan fingerprint density at radius 3 is 2.65 bits per heavy atom. The fraction of sp³-hybridized carbons (Fsp3) is 0.562. The van der Waals surface area contributed by atoms with Crippen molar-refractivity contribution in [2.75, 3.05) is 23.7 Å². The highest BCUT2D eigenvalue weighted by atomic mass is 16.3. The molecule has 0 radical (unpaired) electrons. The first-order valence-corrected chi connectivity index (χ1v) is 7.93. The molecule has 0 aliphatic carbocycles. The van der Waals surface area contributed by atoms with Crippen LogP contribution in [0.3, 0.4) is 0 Å². The van der Waals surface area contributed by atoms with Gasteiger partial charge in [-0.3, -0.25) is 0 Å². The summed E-state index contributed by atoms with van der Waals surface area (Å²) in [6.07, 6.45) is 2.18. The third-order valence-electron chi connectivity index (χ3n) is 3.38. The van der Waals surface area contributed by atoms with Crippen molar-refractivity contribution in [2.45, 2.75) is 46.3 Å². The van der Waals surface area contributed by atoms with E-state index < -0.39 is 6.10 Å². The molecule has 1 atom stereocenters. The molecule has 2 heterocycles. The summed E-state index contributed by atoms with van der Waals surface area (Å²) < 4.78 is 2.01. The minimum atomic E-state index is -0.468. The Hall–Kier alpha value is -2.15. The molecule has 0 bridgehead atoms. The van der Waals surface area contributed by atoms with Crippen LogP contribution in [0.15, 0.2) is 18.5 Å². The molecule has 0 amide bonds. The van der Waals surface area contributed by atoms with E-state index in [4.69, 9.17) is 0 Å². The van der Waals surface area contributed by atoms with Gasteiger partial charge in [0.2, 0.25) is 5.95 Å². The van der Waals surface area contributed by atoms with Crippen molar-refractivity contribution in [3.8, 4) is 0 Å². The average Bonchev–Trinajstić information content (AvgIpc) is 2.88. The molecule has 0 saturated heterocycles. The highest BCUT2D eigenvalue weighted by Gasteiger charge is 2.14. The van der Waals surface area contributed by atoms with Gasteiger partial charge in [0, 0.05) is 19.1 Å². The van der Waals surface area contributed by atoms with Crippen LogP contribution < -0.4 is 10.6 Å². The van der Waals surface area contributed by atoms with Crippen molar-refractivity contribution in [1.29, 1.82) is 0 Å². The zero-order chi connectivity index (χ0) is 17.0. The van der Waals surface area contributed by atoms with Gasteiger partial charge in [-0.15, -0.1) is 6.58 Å². The van der Waals surface area contributed by atoms with Gasteiger partial charge >= 0.3 is 0 Å². The van der Waals surface area contributed by atoms with Crippen LogP contribution in [-0.2, 0) is 0 Å². The van der Waals surface area contributed by atoms with E-state index in [1.807, 2.05) is 11.5 Å². The van der Waals surface area contributed by atoms with Gasteiger partial charge in [0.1, 0.15) is 0 Å². The SMILES string of the molecule is C=C(C)CCNc1nc(NCC(C)O)nc2c1ncn2C(C)C. The maximum atomic E-state index is 9.44. The Kier molecular flexibility index (Phi) is 5.54. The summed E-state index contributed by atoms with van der Waals surface area (Å²) in [6.45, 7) is 12.9. The van der Waals surface area contributed by atoms with Crippen molar-refractivity contribution in [1.82, 2.24) is 19.5 Å². The third-order valence-corrected chi connectivity index (χ3v) is 3.38. The van der Waals surface area contributed by atoms with Crippen LogP contribution >= 0.6 is 0 Å². The normalized spacial score (nSPS) is 12.6. The molecule has 2 rings (SSSR count). The molecule has 2 aromatic rings. The Morgan fingerprint density at radius 1 is 1.30 bits per heavy atom. The summed E-state index contributed by atoms with van der Waals surface area (Å²) in [7, 11) is 0. The number of aromatic nitrogens is 4. The van der Waals surface area contributed by atoms with Crippen molar-refractivity contribution in [3.05, 3.63) is 18.5 Å². The molecule has 3 N–H and O–H groups in total. The maximum Gasteiger partial charge on any atom is 0.226 e. The first-order valence-electron chi connectivity index (χ1n) is 7.93. The molecule has 7 heteroatoms. The number of aliphatic hydroxyl groups is 1. The monoisotopic (exact) mass is 318 g/mol. The van der Waals surface area contributed by atoms with Gasteiger partial charge in [0.15, 0.2) is 17.0 Å². The number of anilines is 2. The van der Waals surface area contributed by atoms with E-state index >= 15 is 0 Å². The summed E-state index contributed by atoms with van der Waals surface area (Å²) in [5, 5.41) is 15.8. The van der Waals surface area contributed by atoms with Crippen molar-refractivity contribution in [2.24, 2.45) is 0 Å². The Bertz CT molecular complexity index is 677. The molecule has 0 aliphatic rings. The third kappa shape index (κ3) is 4.41. The van der Waals surface area contributed by atoms with E-state index in [-0.39, 0.29) is 6.04 Å². The van der Waals surface area contributed by atoms with Crippen LogP contribution in [0.25, 0.3) is 11.2 Å². The predicted octanol–water partition coefficient (Wildman–Crippen LogP) is 2.58. The van der Waals surface area contributed by atoms with Crippen LogP contribution in [0.4, 0.5) is 11.8 Å². The number of fused-ring (bicyclic) bond motifs is 1. The van der Waals surface area contributed by atoms with E-state index in [0.717, 1.165) is 29.7 Å². The van der Waals surface area contributed by atoms with E-state index in [1.54, 1.807) is 13.3 Å². The Labute approximate surface area is 136 Å². The van der Waals surface area contributed by atoms with E-state index in [9.17, 15) is 5.11 Å². The second-order valence-electron chi connectivity index (χ2n) is 6.18. The number of imidazole rings is 1. The molecule has 23 heavy (non-hydrogen) atoms. The summed E-state index contributed by atoms with van der Waals surface area (Å²) >= 11 is 0. The largest absolute Gasteiger partial charge is 0.392 e. The predicted molar refractivity (Wildman–Crippen MR) is 93.8 cm³/mol. The number of aliphatic hydroxyl groups excluding tert-OH is 1. The zero-order valence-electron chi connectivity index (χ0n) is 14.3. The fourth-order valence-electron chi connectivity index (χ4n) is 2.13. The smallest absolute Gasteiger partial charge is 0.226 e. The lowest BCUT2D eigenvalue weighted by molar-refractivity contribution is 0.208. The summed E-state index contributed by atoms with van der Waals surface area (Å²) in [6, 6.07) is 0.253. The second-order valence-corrected chi connectivity index (χ2v) is 6.18. The summed E-state index contributed by atoms with van der Waals surface area (Å²) in [5.74, 6) is 1.18. The van der Waals surface area contributed by atoms with Gasteiger partial charge in [0.05, 0.1) is 12.4 Å². The quantitative estimate of drug-likeness (QED) is 0.648. The number of hydrogen-bond acceptors (Lipinski definition) is 6. The fourth-order valence-corrected chi connectivity index (χ4v) is 2.13. The zero-order valence-corrected chi connectivity index (χ0v) is 14.3. The topological polar surface area (TPSA) is 87.9 Å². The molecule has 0 saturated carbocycles. The van der Waals surface area contributed by atoms with Crippen LogP contribution in [0.5, 0.6) is 0 Å². The molecular formula is C16H26N6O. The van der Waals surface area contributed by atoms with Crippen LogP contribution in [0.2, 0.25) is 0 Å². The number of hydrogen-bond donors (Lipinski definition) is 3. The Balaban J connectivity index is 2.35. The van der Waals surface area contributed by atoms with Crippen molar-refractivity contribution >= 4 is 22.9 Å². The molecule has 0 spiro atoms. The molecule has 2 aromatic heterocycles. The lowest BCUT2D eigenvalue weighted by atomic mass is 10.2. The highest BCUT2D eigenvalue weighted by molar-refractivity contribution is 5.84. The van der Waals surface area contributed by atoms with Gasteiger partial charge in [-0.25, -0.2) is 4.98 Å².